The number of rotatable bonds is 5. The molecule has 0 bridgehead atoms. The van der Waals surface area contributed by atoms with E-state index in [1.165, 1.54) is 12.1 Å². The van der Waals surface area contributed by atoms with Gasteiger partial charge in [0, 0.05) is 5.56 Å². The predicted octanol–water partition coefficient (Wildman–Crippen LogP) is 5.57. The van der Waals surface area contributed by atoms with Crippen LogP contribution in [0.5, 0.6) is 5.75 Å². The SMILES string of the molecule is C=C(C)COc1cccc(C(=O)Nc2cc(C(F)(F)F)ccc2Cl)c1. The fourth-order valence-electron chi connectivity index (χ4n) is 1.93. The van der Waals surface area contributed by atoms with Crippen LogP contribution in [0.2, 0.25) is 5.02 Å². The Bertz CT molecular complexity index is 803. The monoisotopic (exact) mass is 369 g/mol. The summed E-state index contributed by atoms with van der Waals surface area (Å²) in [5.41, 5.74) is 0.0267. The second kappa shape index (κ2) is 7.61. The highest BCUT2D eigenvalue weighted by Gasteiger charge is 2.31. The van der Waals surface area contributed by atoms with Gasteiger partial charge in [-0.2, -0.15) is 13.2 Å². The zero-order chi connectivity index (χ0) is 18.6. The van der Waals surface area contributed by atoms with Crippen LogP contribution in [0.25, 0.3) is 0 Å². The lowest BCUT2D eigenvalue weighted by molar-refractivity contribution is -0.137. The van der Waals surface area contributed by atoms with Crippen LogP contribution in [0, 0.1) is 0 Å². The van der Waals surface area contributed by atoms with E-state index in [1.54, 1.807) is 19.1 Å². The van der Waals surface area contributed by atoms with Gasteiger partial charge in [0.15, 0.2) is 0 Å². The van der Waals surface area contributed by atoms with Crippen molar-refractivity contribution in [3.8, 4) is 5.75 Å². The molecule has 25 heavy (non-hydrogen) atoms. The van der Waals surface area contributed by atoms with Gasteiger partial charge < -0.3 is 10.1 Å². The zero-order valence-corrected chi connectivity index (χ0v) is 14.0. The Balaban J connectivity index is 2.20. The zero-order valence-electron chi connectivity index (χ0n) is 13.3. The van der Waals surface area contributed by atoms with Gasteiger partial charge in [0.25, 0.3) is 5.91 Å². The number of alkyl halides is 3. The third kappa shape index (κ3) is 5.26. The van der Waals surface area contributed by atoms with Crippen molar-refractivity contribution in [3.63, 3.8) is 0 Å². The van der Waals surface area contributed by atoms with Crippen LogP contribution >= 0.6 is 11.6 Å². The van der Waals surface area contributed by atoms with Crippen molar-refractivity contribution in [2.75, 3.05) is 11.9 Å². The van der Waals surface area contributed by atoms with Gasteiger partial charge in [0.2, 0.25) is 0 Å². The summed E-state index contributed by atoms with van der Waals surface area (Å²) in [7, 11) is 0. The highest BCUT2D eigenvalue weighted by molar-refractivity contribution is 6.34. The molecule has 0 radical (unpaired) electrons. The summed E-state index contributed by atoms with van der Waals surface area (Å²) >= 11 is 5.88. The van der Waals surface area contributed by atoms with Crippen LogP contribution in [0.15, 0.2) is 54.6 Å². The van der Waals surface area contributed by atoms with E-state index in [9.17, 15) is 18.0 Å². The molecule has 3 nitrogen and oxygen atoms in total. The van der Waals surface area contributed by atoms with E-state index < -0.39 is 17.6 Å². The molecule has 0 spiro atoms. The maximum absolute atomic E-state index is 12.8. The summed E-state index contributed by atoms with van der Waals surface area (Å²) in [5.74, 6) is -0.146. The van der Waals surface area contributed by atoms with Crippen molar-refractivity contribution in [3.05, 3.63) is 70.8 Å². The van der Waals surface area contributed by atoms with E-state index in [2.05, 4.69) is 11.9 Å². The smallest absolute Gasteiger partial charge is 0.416 e. The van der Waals surface area contributed by atoms with E-state index >= 15 is 0 Å². The van der Waals surface area contributed by atoms with Gasteiger partial charge in [-0.15, -0.1) is 0 Å². The Morgan fingerprint density at radius 2 is 1.96 bits per heavy atom. The molecule has 0 aliphatic heterocycles. The van der Waals surface area contributed by atoms with Gasteiger partial charge in [-0.3, -0.25) is 4.79 Å². The molecule has 0 atom stereocenters. The maximum Gasteiger partial charge on any atom is 0.416 e. The molecule has 0 unspecified atom stereocenters. The van der Waals surface area contributed by atoms with E-state index in [0.29, 0.717) is 12.4 Å². The van der Waals surface area contributed by atoms with E-state index in [0.717, 1.165) is 23.8 Å². The van der Waals surface area contributed by atoms with Crippen LogP contribution < -0.4 is 10.1 Å². The number of hydrogen-bond acceptors (Lipinski definition) is 2. The van der Waals surface area contributed by atoms with Gasteiger partial charge in [0.1, 0.15) is 12.4 Å². The van der Waals surface area contributed by atoms with Crippen LogP contribution in [-0.2, 0) is 6.18 Å². The Hall–Kier alpha value is -2.47. The van der Waals surface area contributed by atoms with Crippen molar-refractivity contribution in [2.24, 2.45) is 0 Å². The quantitative estimate of drug-likeness (QED) is 0.700. The normalized spacial score (nSPS) is 11.1. The number of ether oxygens (including phenoxy) is 1. The van der Waals surface area contributed by atoms with E-state index in [1.807, 2.05) is 0 Å². The number of hydrogen-bond donors (Lipinski definition) is 1. The minimum absolute atomic E-state index is 0.0102. The number of carbonyl (C=O) groups is 1. The van der Waals surface area contributed by atoms with E-state index in [-0.39, 0.29) is 16.3 Å². The summed E-state index contributed by atoms with van der Waals surface area (Å²) in [5, 5.41) is 2.40. The van der Waals surface area contributed by atoms with Gasteiger partial charge in [-0.25, -0.2) is 0 Å². The minimum Gasteiger partial charge on any atom is -0.489 e. The Morgan fingerprint density at radius 3 is 2.60 bits per heavy atom. The predicted molar refractivity (Wildman–Crippen MR) is 91.2 cm³/mol. The van der Waals surface area contributed by atoms with Crippen molar-refractivity contribution in [2.45, 2.75) is 13.1 Å². The molecule has 0 heterocycles. The lowest BCUT2D eigenvalue weighted by Gasteiger charge is -2.12. The van der Waals surface area contributed by atoms with Gasteiger partial charge in [-0.05, 0) is 48.9 Å². The molecule has 2 aromatic rings. The number of nitrogens with one attached hydrogen (secondary N) is 1. The Labute approximate surface area is 148 Å². The lowest BCUT2D eigenvalue weighted by Crippen LogP contribution is -2.14. The number of carbonyl (C=O) groups excluding carboxylic acids is 1. The molecule has 132 valence electrons. The van der Waals surface area contributed by atoms with Crippen molar-refractivity contribution in [1.82, 2.24) is 0 Å². The Kier molecular flexibility index (Phi) is 5.74. The largest absolute Gasteiger partial charge is 0.489 e. The Morgan fingerprint density at radius 1 is 1.24 bits per heavy atom. The fourth-order valence-corrected chi connectivity index (χ4v) is 2.09. The number of anilines is 1. The summed E-state index contributed by atoms with van der Waals surface area (Å²) < 4.78 is 43.8. The third-order valence-corrected chi connectivity index (χ3v) is 3.45. The molecular weight excluding hydrogens is 355 g/mol. The van der Waals surface area contributed by atoms with Crippen LogP contribution in [-0.4, -0.2) is 12.5 Å². The molecule has 0 saturated heterocycles. The minimum atomic E-state index is -4.53. The molecule has 0 aromatic heterocycles. The third-order valence-electron chi connectivity index (χ3n) is 3.12. The molecule has 0 saturated carbocycles. The van der Waals surface area contributed by atoms with Crippen LogP contribution in [0.3, 0.4) is 0 Å². The summed E-state index contributed by atoms with van der Waals surface area (Å²) in [6, 6.07) is 9.01. The average molecular weight is 370 g/mol. The summed E-state index contributed by atoms with van der Waals surface area (Å²) in [6.07, 6.45) is -4.53. The van der Waals surface area contributed by atoms with Crippen LogP contribution in [0.4, 0.5) is 18.9 Å². The van der Waals surface area contributed by atoms with Crippen molar-refractivity contribution >= 4 is 23.2 Å². The second-order valence-corrected chi connectivity index (χ2v) is 5.83. The van der Waals surface area contributed by atoms with Crippen LogP contribution in [0.1, 0.15) is 22.8 Å². The highest BCUT2D eigenvalue weighted by atomic mass is 35.5. The summed E-state index contributed by atoms with van der Waals surface area (Å²) in [4.78, 5) is 12.3. The van der Waals surface area contributed by atoms with Gasteiger partial charge in [-0.1, -0.05) is 24.2 Å². The second-order valence-electron chi connectivity index (χ2n) is 5.42. The van der Waals surface area contributed by atoms with Gasteiger partial charge >= 0.3 is 6.18 Å². The fraction of sp³-hybridized carbons (Fsp3) is 0.167. The maximum atomic E-state index is 12.8. The first kappa shape index (κ1) is 18.9. The highest BCUT2D eigenvalue weighted by Crippen LogP contribution is 2.34. The molecule has 1 amide bonds. The molecule has 1 N–H and O–H groups in total. The molecular formula is C18H15ClF3NO2. The lowest BCUT2D eigenvalue weighted by atomic mass is 10.1. The molecule has 7 heteroatoms. The molecule has 2 aromatic carbocycles. The number of halogens is 4. The standard InChI is InChI=1S/C18H15ClF3NO2/c1-11(2)10-25-14-5-3-4-12(8-14)17(24)23-16-9-13(18(20,21)22)6-7-15(16)19/h3-9H,1,10H2,2H3,(H,23,24). The number of amides is 1. The summed E-state index contributed by atoms with van der Waals surface area (Å²) in [6.45, 7) is 5.80. The van der Waals surface area contributed by atoms with Crippen molar-refractivity contribution < 1.29 is 22.7 Å². The van der Waals surface area contributed by atoms with E-state index in [4.69, 9.17) is 16.3 Å². The number of benzene rings is 2. The van der Waals surface area contributed by atoms with Crippen molar-refractivity contribution in [1.29, 1.82) is 0 Å². The molecule has 0 aliphatic carbocycles. The first-order valence-corrected chi connectivity index (χ1v) is 7.60. The first-order chi connectivity index (χ1) is 11.7. The topological polar surface area (TPSA) is 38.3 Å². The molecule has 0 aliphatic rings. The van der Waals surface area contributed by atoms with Gasteiger partial charge in [0.05, 0.1) is 16.3 Å². The average Bonchev–Trinajstić information content (AvgIpc) is 2.54. The molecule has 2 rings (SSSR count). The molecule has 0 fully saturated rings. The first-order valence-electron chi connectivity index (χ1n) is 7.22.